The molecule has 4 heterocycles. The lowest BCUT2D eigenvalue weighted by Gasteiger charge is -2.09. The number of benzene rings is 2. The highest BCUT2D eigenvalue weighted by atomic mass is 15.3. The van der Waals surface area contributed by atoms with Gasteiger partial charge in [0.15, 0.2) is 5.82 Å². The highest BCUT2D eigenvalue weighted by Crippen LogP contribution is 2.27. The number of aromatic nitrogens is 7. The third-order valence-corrected chi connectivity index (χ3v) is 5.65. The van der Waals surface area contributed by atoms with E-state index in [-0.39, 0.29) is 0 Å². The van der Waals surface area contributed by atoms with E-state index in [9.17, 15) is 0 Å². The fraction of sp³-hybridized carbons (Fsp3) is 0.0370. The molecule has 0 saturated heterocycles. The number of hydrogen-bond acceptors (Lipinski definition) is 7. The van der Waals surface area contributed by atoms with Crippen LogP contribution in [-0.2, 0) is 0 Å². The van der Waals surface area contributed by atoms with Gasteiger partial charge in [0.1, 0.15) is 6.33 Å². The van der Waals surface area contributed by atoms with Crippen molar-refractivity contribution < 1.29 is 0 Å². The van der Waals surface area contributed by atoms with Gasteiger partial charge in [-0.3, -0.25) is 9.97 Å². The van der Waals surface area contributed by atoms with E-state index in [1.807, 2.05) is 80.0 Å². The van der Waals surface area contributed by atoms with Crippen LogP contribution in [-0.4, -0.2) is 34.7 Å². The number of rotatable bonds is 5. The highest BCUT2D eigenvalue weighted by Gasteiger charge is 2.09. The largest absolute Gasteiger partial charge is 0.324 e. The first kappa shape index (κ1) is 20.6. The van der Waals surface area contributed by atoms with Crippen LogP contribution in [0.4, 0.5) is 11.6 Å². The molecule has 0 spiro atoms. The Kier molecular flexibility index (Phi) is 5.16. The Morgan fingerprint density at radius 1 is 0.800 bits per heavy atom. The van der Waals surface area contributed by atoms with E-state index in [2.05, 4.69) is 36.4 Å². The van der Waals surface area contributed by atoms with Gasteiger partial charge in [-0.05, 0) is 54.8 Å². The van der Waals surface area contributed by atoms with Crippen molar-refractivity contribution in [2.75, 3.05) is 5.32 Å². The van der Waals surface area contributed by atoms with Crippen LogP contribution in [0.15, 0.2) is 97.8 Å². The molecule has 0 aliphatic carbocycles. The van der Waals surface area contributed by atoms with Crippen LogP contribution in [0.2, 0.25) is 0 Å². The number of fused-ring (bicyclic) bond motifs is 1. The molecule has 2 aromatic carbocycles. The zero-order chi connectivity index (χ0) is 23.6. The second-order valence-corrected chi connectivity index (χ2v) is 8.05. The maximum atomic E-state index is 4.72. The summed E-state index contributed by atoms with van der Waals surface area (Å²) in [6.07, 6.45) is 8.92. The van der Waals surface area contributed by atoms with Crippen LogP contribution in [0.3, 0.4) is 0 Å². The molecule has 0 saturated carbocycles. The van der Waals surface area contributed by atoms with Crippen molar-refractivity contribution in [2.24, 2.45) is 0 Å². The van der Waals surface area contributed by atoms with Gasteiger partial charge >= 0.3 is 0 Å². The molecule has 6 rings (SSSR count). The monoisotopic (exact) mass is 456 g/mol. The molecule has 1 N–H and O–H groups in total. The minimum absolute atomic E-state index is 0.512. The zero-order valence-electron chi connectivity index (χ0n) is 18.9. The lowest BCUT2D eigenvalue weighted by Crippen LogP contribution is -1.99. The van der Waals surface area contributed by atoms with Gasteiger partial charge in [0.2, 0.25) is 5.95 Å². The Hall–Kier alpha value is -4.98. The van der Waals surface area contributed by atoms with E-state index in [1.54, 1.807) is 23.4 Å². The van der Waals surface area contributed by atoms with Crippen LogP contribution in [0.5, 0.6) is 0 Å². The Morgan fingerprint density at radius 2 is 1.69 bits per heavy atom. The Bertz CT molecular complexity index is 1620. The molecule has 8 heteroatoms. The van der Waals surface area contributed by atoms with E-state index in [0.29, 0.717) is 11.8 Å². The van der Waals surface area contributed by atoms with Crippen LogP contribution >= 0.6 is 0 Å². The van der Waals surface area contributed by atoms with Crippen molar-refractivity contribution >= 4 is 22.4 Å². The van der Waals surface area contributed by atoms with Crippen molar-refractivity contribution in [3.63, 3.8) is 0 Å². The van der Waals surface area contributed by atoms with E-state index in [4.69, 9.17) is 4.98 Å². The molecular formula is C27H20N8. The van der Waals surface area contributed by atoms with Crippen molar-refractivity contribution in [1.29, 1.82) is 0 Å². The standard InChI is InChI=1S/C27H20N8/c1-18-6-7-20(15-30-18)26-31-17-35(34-26)22-10-8-21(9-11-22)32-27-29-13-12-25(33-27)24-16-28-14-19-4-2-3-5-23(19)24/h2-17H,1H3,(H,29,32,33). The van der Waals surface area contributed by atoms with Crippen LogP contribution in [0, 0.1) is 6.92 Å². The highest BCUT2D eigenvalue weighted by molar-refractivity contribution is 5.94. The number of hydrogen-bond donors (Lipinski definition) is 1. The zero-order valence-corrected chi connectivity index (χ0v) is 18.9. The predicted molar refractivity (Wildman–Crippen MR) is 135 cm³/mol. The molecular weight excluding hydrogens is 436 g/mol. The third kappa shape index (κ3) is 4.20. The average molecular weight is 457 g/mol. The number of aryl methyl sites for hydroxylation is 1. The lowest BCUT2D eigenvalue weighted by molar-refractivity contribution is 0.882. The van der Waals surface area contributed by atoms with E-state index in [1.165, 1.54) is 0 Å². The maximum Gasteiger partial charge on any atom is 0.227 e. The van der Waals surface area contributed by atoms with Crippen molar-refractivity contribution in [2.45, 2.75) is 6.92 Å². The summed E-state index contributed by atoms with van der Waals surface area (Å²) in [6, 6.07) is 21.8. The molecule has 168 valence electrons. The van der Waals surface area contributed by atoms with Crippen molar-refractivity contribution in [3.05, 3.63) is 104 Å². The van der Waals surface area contributed by atoms with Gasteiger partial charge in [-0.2, -0.15) is 0 Å². The Morgan fingerprint density at radius 3 is 2.54 bits per heavy atom. The molecule has 0 aliphatic heterocycles. The maximum absolute atomic E-state index is 4.72. The fourth-order valence-electron chi connectivity index (χ4n) is 3.84. The summed E-state index contributed by atoms with van der Waals surface area (Å²) in [5.41, 5.74) is 5.38. The molecule has 0 fully saturated rings. The quantitative estimate of drug-likeness (QED) is 0.372. The Balaban J connectivity index is 1.22. The minimum atomic E-state index is 0.512. The molecule has 0 bridgehead atoms. The van der Waals surface area contributed by atoms with Gasteiger partial charge in [-0.1, -0.05) is 24.3 Å². The summed E-state index contributed by atoms with van der Waals surface area (Å²) in [7, 11) is 0. The molecule has 35 heavy (non-hydrogen) atoms. The van der Waals surface area contributed by atoms with Crippen LogP contribution in [0.1, 0.15) is 5.69 Å². The van der Waals surface area contributed by atoms with Gasteiger partial charge < -0.3 is 5.32 Å². The second kappa shape index (κ2) is 8.75. The predicted octanol–water partition coefficient (Wildman–Crippen LogP) is 5.39. The summed E-state index contributed by atoms with van der Waals surface area (Å²) < 4.78 is 1.74. The topological polar surface area (TPSA) is 94.3 Å². The summed E-state index contributed by atoms with van der Waals surface area (Å²) in [6.45, 7) is 1.95. The average Bonchev–Trinajstić information content (AvgIpc) is 3.40. The van der Waals surface area contributed by atoms with E-state index < -0.39 is 0 Å². The number of nitrogens with one attached hydrogen (secondary N) is 1. The molecule has 0 amide bonds. The smallest absolute Gasteiger partial charge is 0.227 e. The van der Waals surface area contributed by atoms with Crippen molar-refractivity contribution in [3.8, 4) is 28.3 Å². The number of pyridine rings is 2. The first-order valence-corrected chi connectivity index (χ1v) is 11.1. The van der Waals surface area contributed by atoms with Gasteiger partial charge in [-0.15, -0.1) is 5.10 Å². The van der Waals surface area contributed by atoms with Gasteiger partial charge in [0.05, 0.1) is 11.4 Å². The van der Waals surface area contributed by atoms with Gasteiger partial charge in [-0.25, -0.2) is 19.6 Å². The molecule has 6 aromatic rings. The summed E-state index contributed by atoms with van der Waals surface area (Å²) in [4.78, 5) is 22.2. The third-order valence-electron chi connectivity index (χ3n) is 5.65. The van der Waals surface area contributed by atoms with Gasteiger partial charge in [0.25, 0.3) is 0 Å². The Labute approximate surface area is 201 Å². The SMILES string of the molecule is Cc1ccc(-c2ncn(-c3ccc(Nc4nccc(-c5cncc6ccccc56)n4)cc3)n2)cn1. The minimum Gasteiger partial charge on any atom is -0.324 e. The molecule has 0 aliphatic rings. The van der Waals surface area contributed by atoms with Crippen LogP contribution < -0.4 is 5.32 Å². The lowest BCUT2D eigenvalue weighted by atomic mass is 10.1. The molecule has 0 unspecified atom stereocenters. The summed E-state index contributed by atoms with van der Waals surface area (Å²) in [5, 5.41) is 10.0. The molecule has 0 atom stereocenters. The van der Waals surface area contributed by atoms with E-state index >= 15 is 0 Å². The summed E-state index contributed by atoms with van der Waals surface area (Å²) in [5.74, 6) is 1.14. The first-order chi connectivity index (χ1) is 17.2. The summed E-state index contributed by atoms with van der Waals surface area (Å²) >= 11 is 0. The molecule has 8 nitrogen and oxygen atoms in total. The first-order valence-electron chi connectivity index (χ1n) is 11.1. The molecule has 0 radical (unpaired) electrons. The second-order valence-electron chi connectivity index (χ2n) is 8.05. The fourth-order valence-corrected chi connectivity index (χ4v) is 3.84. The number of anilines is 2. The van der Waals surface area contributed by atoms with E-state index in [0.717, 1.165) is 44.7 Å². The van der Waals surface area contributed by atoms with Crippen molar-refractivity contribution in [1.82, 2.24) is 34.7 Å². The number of nitrogens with zero attached hydrogens (tertiary/aromatic N) is 7. The normalized spacial score (nSPS) is 11.0. The van der Waals surface area contributed by atoms with Gasteiger partial charge in [0, 0.05) is 52.7 Å². The van der Waals surface area contributed by atoms with Crippen LogP contribution in [0.25, 0.3) is 39.1 Å². The molecule has 4 aromatic heterocycles.